The van der Waals surface area contributed by atoms with E-state index in [2.05, 4.69) is 20.3 Å². The summed E-state index contributed by atoms with van der Waals surface area (Å²) in [5, 5.41) is 14.3. The Balaban J connectivity index is 1.55. The fraction of sp³-hybridized carbons (Fsp3) is 0.379. The predicted octanol–water partition coefficient (Wildman–Crippen LogP) is 2.21. The lowest BCUT2D eigenvalue weighted by molar-refractivity contribution is -0.124. The monoisotopic (exact) mass is 611 g/mol. The van der Waals surface area contributed by atoms with E-state index in [4.69, 9.17) is 20.6 Å². The SMILES string of the molecule is Cc1nc(N)nc(C)c1OCC(=O)N[C@@H](Cc1ccccc1)[C@H](O)CN(CC(C)C)S(=O)(=O)c1ccc2nc(N)oc2c1. The number of oxazole rings is 1. The highest BCUT2D eigenvalue weighted by Gasteiger charge is 2.32. The molecule has 6 N–H and O–H groups in total. The zero-order valence-electron chi connectivity index (χ0n) is 24.5. The van der Waals surface area contributed by atoms with Gasteiger partial charge in [-0.3, -0.25) is 4.79 Å². The van der Waals surface area contributed by atoms with Gasteiger partial charge < -0.3 is 31.0 Å². The third kappa shape index (κ3) is 7.97. The van der Waals surface area contributed by atoms with Crippen LogP contribution in [0.1, 0.15) is 30.8 Å². The van der Waals surface area contributed by atoms with Gasteiger partial charge in [0, 0.05) is 19.2 Å². The second-order valence-corrected chi connectivity index (χ2v) is 12.6. The molecule has 0 unspecified atom stereocenters. The topological polar surface area (TPSA) is 200 Å². The Kier molecular flexibility index (Phi) is 9.84. The fourth-order valence-electron chi connectivity index (χ4n) is 4.72. The van der Waals surface area contributed by atoms with E-state index in [9.17, 15) is 18.3 Å². The molecule has 0 saturated carbocycles. The Labute approximate surface area is 250 Å². The van der Waals surface area contributed by atoms with Crippen molar-refractivity contribution in [3.05, 3.63) is 65.5 Å². The van der Waals surface area contributed by atoms with Crippen molar-refractivity contribution in [3.8, 4) is 5.75 Å². The van der Waals surface area contributed by atoms with Crippen LogP contribution in [-0.2, 0) is 21.2 Å². The molecule has 0 aliphatic carbocycles. The van der Waals surface area contributed by atoms with Gasteiger partial charge in [0.25, 0.3) is 11.9 Å². The van der Waals surface area contributed by atoms with Crippen LogP contribution in [0.3, 0.4) is 0 Å². The zero-order chi connectivity index (χ0) is 31.3. The molecular formula is C29H37N7O6S. The predicted molar refractivity (Wildman–Crippen MR) is 162 cm³/mol. The van der Waals surface area contributed by atoms with Crippen LogP contribution >= 0.6 is 0 Å². The molecule has 2 aromatic heterocycles. The van der Waals surface area contributed by atoms with Gasteiger partial charge in [-0.25, -0.2) is 18.4 Å². The number of ether oxygens (including phenoxy) is 1. The van der Waals surface area contributed by atoms with Gasteiger partial charge in [-0.05, 0) is 43.9 Å². The van der Waals surface area contributed by atoms with E-state index >= 15 is 0 Å². The van der Waals surface area contributed by atoms with Crippen molar-refractivity contribution < 1.29 is 27.5 Å². The van der Waals surface area contributed by atoms with Crippen molar-refractivity contribution in [1.29, 1.82) is 0 Å². The second kappa shape index (κ2) is 13.4. The van der Waals surface area contributed by atoms with E-state index in [1.54, 1.807) is 13.8 Å². The first-order valence-corrected chi connectivity index (χ1v) is 15.2. The minimum atomic E-state index is -4.08. The number of hydrogen-bond donors (Lipinski definition) is 4. The minimum Gasteiger partial charge on any atom is -0.480 e. The molecule has 0 aliphatic rings. The van der Waals surface area contributed by atoms with Gasteiger partial charge >= 0.3 is 0 Å². The number of aromatic nitrogens is 3. The number of aliphatic hydroxyl groups is 1. The number of sulfonamides is 1. The average Bonchev–Trinajstić information content (AvgIpc) is 3.31. The lowest BCUT2D eigenvalue weighted by Crippen LogP contribution is -2.52. The maximum atomic E-state index is 13.8. The molecule has 2 atom stereocenters. The van der Waals surface area contributed by atoms with Crippen LogP contribution in [0.15, 0.2) is 57.8 Å². The molecular weight excluding hydrogens is 574 g/mol. The van der Waals surface area contributed by atoms with Gasteiger partial charge in [0.2, 0.25) is 16.0 Å². The van der Waals surface area contributed by atoms with E-state index in [0.29, 0.717) is 22.7 Å². The molecule has 0 fully saturated rings. The van der Waals surface area contributed by atoms with Crippen molar-refractivity contribution in [1.82, 2.24) is 24.6 Å². The molecule has 0 saturated heterocycles. The minimum absolute atomic E-state index is 0.0301. The molecule has 0 radical (unpaired) electrons. The molecule has 2 heterocycles. The summed E-state index contributed by atoms with van der Waals surface area (Å²) in [5.74, 6) is -0.133. The van der Waals surface area contributed by atoms with Crippen LogP contribution < -0.4 is 21.5 Å². The third-order valence-corrected chi connectivity index (χ3v) is 8.48. The molecule has 13 nitrogen and oxygen atoms in total. The van der Waals surface area contributed by atoms with E-state index in [0.717, 1.165) is 5.56 Å². The van der Waals surface area contributed by atoms with Crippen molar-refractivity contribution in [2.75, 3.05) is 31.2 Å². The Bertz CT molecular complexity index is 1650. The second-order valence-electron chi connectivity index (χ2n) is 10.7. The molecule has 0 bridgehead atoms. The van der Waals surface area contributed by atoms with Crippen LogP contribution in [0.2, 0.25) is 0 Å². The first-order valence-electron chi connectivity index (χ1n) is 13.7. The number of benzene rings is 2. The van der Waals surface area contributed by atoms with Gasteiger partial charge in [0.05, 0.1) is 28.4 Å². The number of anilines is 2. The van der Waals surface area contributed by atoms with E-state index in [-0.39, 0.29) is 54.5 Å². The maximum absolute atomic E-state index is 13.8. The van der Waals surface area contributed by atoms with Gasteiger partial charge in [-0.15, -0.1) is 0 Å². The summed E-state index contributed by atoms with van der Waals surface area (Å²) < 4.78 is 39.8. The number of carbonyl (C=O) groups excluding carboxylic acids is 1. The summed E-state index contributed by atoms with van der Waals surface area (Å²) in [6.07, 6.45) is -1.03. The number of amides is 1. The highest BCUT2D eigenvalue weighted by atomic mass is 32.2. The van der Waals surface area contributed by atoms with Crippen molar-refractivity contribution in [2.45, 2.75) is 51.2 Å². The Morgan fingerprint density at radius 3 is 2.37 bits per heavy atom. The summed E-state index contributed by atoms with van der Waals surface area (Å²) in [6.45, 7) is 6.61. The van der Waals surface area contributed by atoms with Crippen molar-refractivity contribution in [3.63, 3.8) is 0 Å². The molecule has 1 amide bonds. The lowest BCUT2D eigenvalue weighted by atomic mass is 10.0. The highest BCUT2D eigenvalue weighted by Crippen LogP contribution is 2.25. The third-order valence-electron chi connectivity index (χ3n) is 6.65. The van der Waals surface area contributed by atoms with Gasteiger partial charge in [0.15, 0.2) is 17.9 Å². The van der Waals surface area contributed by atoms with Crippen LogP contribution in [0.4, 0.5) is 12.0 Å². The highest BCUT2D eigenvalue weighted by molar-refractivity contribution is 7.89. The summed E-state index contributed by atoms with van der Waals surface area (Å²) in [4.78, 5) is 25.2. The summed E-state index contributed by atoms with van der Waals surface area (Å²) in [6, 6.07) is 12.7. The number of carbonyl (C=O) groups is 1. The largest absolute Gasteiger partial charge is 0.480 e. The molecule has 230 valence electrons. The first kappa shape index (κ1) is 31.7. The molecule has 0 aliphatic heterocycles. The average molecular weight is 612 g/mol. The fourth-order valence-corrected chi connectivity index (χ4v) is 6.36. The lowest BCUT2D eigenvalue weighted by Gasteiger charge is -2.30. The molecule has 14 heteroatoms. The zero-order valence-corrected chi connectivity index (χ0v) is 25.3. The van der Waals surface area contributed by atoms with Crippen LogP contribution in [-0.4, -0.2) is 70.5 Å². The Morgan fingerprint density at radius 1 is 1.05 bits per heavy atom. The normalized spacial score (nSPS) is 13.4. The summed E-state index contributed by atoms with van der Waals surface area (Å²) in [7, 11) is -4.08. The van der Waals surface area contributed by atoms with E-state index < -0.39 is 28.1 Å². The van der Waals surface area contributed by atoms with Crippen molar-refractivity contribution >= 4 is 39.0 Å². The van der Waals surface area contributed by atoms with Crippen LogP contribution in [0, 0.1) is 19.8 Å². The van der Waals surface area contributed by atoms with Gasteiger partial charge in [-0.1, -0.05) is 44.2 Å². The maximum Gasteiger partial charge on any atom is 0.292 e. The molecule has 0 spiro atoms. The molecule has 43 heavy (non-hydrogen) atoms. The quantitative estimate of drug-likeness (QED) is 0.173. The van der Waals surface area contributed by atoms with E-state index in [1.165, 1.54) is 22.5 Å². The first-order chi connectivity index (χ1) is 20.3. The summed E-state index contributed by atoms with van der Waals surface area (Å²) in [5.41, 5.74) is 13.8. The standard InChI is InChI=1S/C29H37N7O6S/c1-17(2)14-36(43(39,40)21-10-11-22-25(13-21)42-29(31)35-22)15-24(37)23(12-20-8-6-5-7-9-20)34-26(38)16-41-27-18(3)32-28(30)33-19(27)4/h5-11,13,17,23-24,37H,12,14-16H2,1-4H3,(H2,31,35)(H,34,38)(H2,30,32,33)/t23-,24+/m0/s1. The molecule has 4 aromatic rings. The number of aliphatic hydroxyl groups excluding tert-OH is 1. The number of nitrogen functional groups attached to an aromatic ring is 2. The van der Waals surface area contributed by atoms with E-state index in [1.807, 2.05) is 44.2 Å². The van der Waals surface area contributed by atoms with Crippen LogP contribution in [0.5, 0.6) is 5.75 Å². The number of rotatable bonds is 13. The number of nitrogens with two attached hydrogens (primary N) is 2. The molecule has 4 rings (SSSR count). The van der Waals surface area contributed by atoms with Gasteiger partial charge in [-0.2, -0.15) is 9.29 Å². The number of nitrogens with one attached hydrogen (secondary N) is 1. The molecule has 2 aromatic carbocycles. The van der Waals surface area contributed by atoms with Gasteiger partial charge in [0.1, 0.15) is 5.52 Å². The number of nitrogens with zero attached hydrogens (tertiary/aromatic N) is 4. The Hall–Kier alpha value is -4.27. The van der Waals surface area contributed by atoms with Crippen molar-refractivity contribution in [2.24, 2.45) is 5.92 Å². The Morgan fingerprint density at radius 2 is 1.72 bits per heavy atom. The smallest absolute Gasteiger partial charge is 0.292 e. The number of aryl methyl sites for hydroxylation is 2. The summed E-state index contributed by atoms with van der Waals surface area (Å²) >= 11 is 0. The number of fused-ring (bicyclic) bond motifs is 1. The number of hydrogen-bond acceptors (Lipinski definition) is 11. The van der Waals surface area contributed by atoms with Crippen LogP contribution in [0.25, 0.3) is 11.1 Å².